The van der Waals surface area contributed by atoms with Crippen molar-refractivity contribution in [3.8, 4) is 0 Å². The van der Waals surface area contributed by atoms with Crippen molar-refractivity contribution >= 4 is 16.9 Å². The molecule has 18 heavy (non-hydrogen) atoms. The van der Waals surface area contributed by atoms with Gasteiger partial charge in [-0.2, -0.15) is 5.10 Å². The van der Waals surface area contributed by atoms with Gasteiger partial charge in [0.1, 0.15) is 12.1 Å². The van der Waals surface area contributed by atoms with Crippen molar-refractivity contribution in [3.63, 3.8) is 0 Å². The van der Waals surface area contributed by atoms with Crippen LogP contribution in [0.2, 0.25) is 0 Å². The molecule has 0 radical (unpaired) electrons. The Bertz CT molecular complexity index is 552. The Labute approximate surface area is 105 Å². The molecule has 0 spiro atoms. The van der Waals surface area contributed by atoms with E-state index >= 15 is 0 Å². The largest absolute Gasteiger partial charge is 0.396 e. The van der Waals surface area contributed by atoms with Gasteiger partial charge in [-0.25, -0.2) is 9.97 Å². The predicted octanol–water partition coefficient (Wildman–Crippen LogP) is 0.572. The van der Waals surface area contributed by atoms with Gasteiger partial charge in [-0.1, -0.05) is 0 Å². The predicted molar refractivity (Wildman–Crippen MR) is 68.3 cm³/mol. The number of anilines is 1. The number of aliphatic hydroxyl groups is 1. The summed E-state index contributed by atoms with van der Waals surface area (Å²) in [5, 5.41) is 14.5. The summed E-state index contributed by atoms with van der Waals surface area (Å²) in [5.74, 6) is 1.28. The van der Waals surface area contributed by atoms with E-state index in [9.17, 15) is 5.11 Å². The number of rotatable bonds is 2. The maximum absolute atomic E-state index is 9.30. The van der Waals surface area contributed by atoms with Crippen LogP contribution in [0.1, 0.15) is 12.8 Å². The van der Waals surface area contributed by atoms with Gasteiger partial charge in [0.25, 0.3) is 0 Å². The Kier molecular flexibility index (Phi) is 2.87. The van der Waals surface area contributed by atoms with Gasteiger partial charge in [-0.15, -0.1) is 0 Å². The third-order valence-corrected chi connectivity index (χ3v) is 3.59. The van der Waals surface area contributed by atoms with Gasteiger partial charge in [0.05, 0.1) is 11.6 Å². The molecule has 6 heteroatoms. The normalized spacial score (nSPS) is 20.6. The maximum Gasteiger partial charge on any atom is 0.163 e. The zero-order valence-electron chi connectivity index (χ0n) is 10.5. The van der Waals surface area contributed by atoms with Gasteiger partial charge in [0.2, 0.25) is 0 Å². The van der Waals surface area contributed by atoms with E-state index in [2.05, 4.69) is 20.0 Å². The van der Waals surface area contributed by atoms with Crippen molar-refractivity contribution in [2.24, 2.45) is 13.0 Å². The lowest BCUT2D eigenvalue weighted by atomic mass is 9.99. The molecule has 1 atom stereocenters. The second kappa shape index (κ2) is 4.53. The van der Waals surface area contributed by atoms with Crippen LogP contribution in [0.25, 0.3) is 11.0 Å². The summed E-state index contributed by atoms with van der Waals surface area (Å²) in [6.07, 6.45) is 5.58. The monoisotopic (exact) mass is 247 g/mol. The Morgan fingerprint density at radius 2 is 2.33 bits per heavy atom. The number of piperidine rings is 1. The minimum absolute atomic E-state index is 0.248. The van der Waals surface area contributed by atoms with Gasteiger partial charge in [0.15, 0.2) is 5.65 Å². The topological polar surface area (TPSA) is 67.1 Å². The summed E-state index contributed by atoms with van der Waals surface area (Å²) in [5.41, 5.74) is 0.853. The molecule has 3 heterocycles. The fraction of sp³-hybridized carbons (Fsp3) is 0.583. The molecular weight excluding hydrogens is 230 g/mol. The van der Waals surface area contributed by atoms with Gasteiger partial charge >= 0.3 is 0 Å². The lowest BCUT2D eigenvalue weighted by Gasteiger charge is -2.32. The molecule has 0 unspecified atom stereocenters. The van der Waals surface area contributed by atoms with Gasteiger partial charge in [-0.05, 0) is 18.8 Å². The first-order valence-corrected chi connectivity index (χ1v) is 6.28. The lowest BCUT2D eigenvalue weighted by Crippen LogP contribution is -2.37. The second-order valence-corrected chi connectivity index (χ2v) is 4.84. The molecule has 2 aromatic heterocycles. The smallest absolute Gasteiger partial charge is 0.163 e. The van der Waals surface area contributed by atoms with E-state index in [1.54, 1.807) is 11.0 Å². The maximum atomic E-state index is 9.30. The highest BCUT2D eigenvalue weighted by Crippen LogP contribution is 2.26. The van der Waals surface area contributed by atoms with Crippen LogP contribution in [-0.2, 0) is 7.05 Å². The highest BCUT2D eigenvalue weighted by molar-refractivity contribution is 5.86. The number of hydrogen-bond donors (Lipinski definition) is 1. The van der Waals surface area contributed by atoms with Gasteiger partial charge in [-0.3, -0.25) is 4.68 Å². The minimum atomic E-state index is 0.248. The first kappa shape index (κ1) is 11.4. The van der Waals surface area contributed by atoms with Crippen LogP contribution in [0, 0.1) is 5.92 Å². The number of aromatic nitrogens is 4. The molecule has 0 aliphatic carbocycles. The van der Waals surface area contributed by atoms with Crippen molar-refractivity contribution < 1.29 is 5.11 Å². The van der Waals surface area contributed by atoms with Crippen LogP contribution in [-0.4, -0.2) is 44.6 Å². The number of hydrogen-bond acceptors (Lipinski definition) is 5. The van der Waals surface area contributed by atoms with Crippen LogP contribution in [0.5, 0.6) is 0 Å². The molecule has 1 aliphatic rings. The third-order valence-electron chi connectivity index (χ3n) is 3.59. The average molecular weight is 247 g/mol. The summed E-state index contributed by atoms with van der Waals surface area (Å²) in [7, 11) is 1.88. The summed E-state index contributed by atoms with van der Waals surface area (Å²) in [4.78, 5) is 10.9. The fourth-order valence-electron chi connectivity index (χ4n) is 2.61. The standard InChI is InChI=1S/C12H17N5O/c1-16-11-10(5-15-16)12(14-8-13-11)17-4-2-3-9(6-17)7-18/h5,8-9,18H,2-4,6-7H2,1H3/t9-/m0/s1. The average Bonchev–Trinajstić information content (AvgIpc) is 2.81. The summed E-state index contributed by atoms with van der Waals surface area (Å²) < 4.78 is 1.76. The SMILES string of the molecule is Cn1ncc2c(N3CCC[C@H](CO)C3)ncnc21. The summed E-state index contributed by atoms with van der Waals surface area (Å²) in [6.45, 7) is 2.09. The van der Waals surface area contributed by atoms with Crippen molar-refractivity contribution in [1.82, 2.24) is 19.7 Å². The minimum Gasteiger partial charge on any atom is -0.396 e. The Balaban J connectivity index is 1.98. The van der Waals surface area contributed by atoms with E-state index in [-0.39, 0.29) is 6.61 Å². The molecule has 1 N–H and O–H groups in total. The van der Waals surface area contributed by atoms with Crippen LogP contribution >= 0.6 is 0 Å². The van der Waals surface area contributed by atoms with Crippen molar-refractivity contribution in [3.05, 3.63) is 12.5 Å². The van der Waals surface area contributed by atoms with E-state index in [1.807, 2.05) is 13.2 Å². The molecule has 2 aromatic rings. The zero-order chi connectivity index (χ0) is 12.5. The molecule has 0 amide bonds. The number of aryl methyl sites for hydroxylation is 1. The molecule has 1 aliphatic heterocycles. The summed E-state index contributed by atoms with van der Waals surface area (Å²) in [6, 6.07) is 0. The molecule has 6 nitrogen and oxygen atoms in total. The quantitative estimate of drug-likeness (QED) is 0.840. The number of nitrogens with zero attached hydrogens (tertiary/aromatic N) is 5. The molecule has 1 saturated heterocycles. The van der Waals surface area contributed by atoms with Crippen LogP contribution in [0.15, 0.2) is 12.5 Å². The second-order valence-electron chi connectivity index (χ2n) is 4.84. The first-order chi connectivity index (χ1) is 8.79. The molecule has 3 rings (SSSR count). The Hall–Kier alpha value is -1.69. The van der Waals surface area contributed by atoms with Crippen LogP contribution in [0.3, 0.4) is 0 Å². The van der Waals surface area contributed by atoms with Crippen molar-refractivity contribution in [2.45, 2.75) is 12.8 Å². The highest BCUT2D eigenvalue weighted by atomic mass is 16.3. The zero-order valence-corrected chi connectivity index (χ0v) is 10.5. The van der Waals surface area contributed by atoms with E-state index < -0.39 is 0 Å². The summed E-state index contributed by atoms with van der Waals surface area (Å²) >= 11 is 0. The number of aliphatic hydroxyl groups excluding tert-OH is 1. The molecular formula is C12H17N5O. The molecule has 0 saturated carbocycles. The van der Waals surface area contributed by atoms with E-state index in [1.165, 1.54) is 0 Å². The Morgan fingerprint density at radius 3 is 3.17 bits per heavy atom. The number of fused-ring (bicyclic) bond motifs is 1. The first-order valence-electron chi connectivity index (χ1n) is 6.28. The van der Waals surface area contributed by atoms with E-state index in [0.717, 1.165) is 42.8 Å². The van der Waals surface area contributed by atoms with E-state index in [0.29, 0.717) is 5.92 Å². The van der Waals surface area contributed by atoms with E-state index in [4.69, 9.17) is 0 Å². The van der Waals surface area contributed by atoms with Gasteiger partial charge < -0.3 is 10.0 Å². The molecule has 96 valence electrons. The molecule has 1 fully saturated rings. The molecule has 0 aromatic carbocycles. The van der Waals surface area contributed by atoms with Crippen molar-refractivity contribution in [2.75, 3.05) is 24.6 Å². The molecule has 0 bridgehead atoms. The highest BCUT2D eigenvalue weighted by Gasteiger charge is 2.22. The van der Waals surface area contributed by atoms with Gasteiger partial charge in [0, 0.05) is 26.7 Å². The van der Waals surface area contributed by atoms with Crippen LogP contribution in [0.4, 0.5) is 5.82 Å². The third kappa shape index (κ3) is 1.82. The van der Waals surface area contributed by atoms with Crippen molar-refractivity contribution in [1.29, 1.82) is 0 Å². The Morgan fingerprint density at radius 1 is 1.44 bits per heavy atom. The van der Waals surface area contributed by atoms with Crippen LogP contribution < -0.4 is 4.90 Å². The fourth-order valence-corrected chi connectivity index (χ4v) is 2.61. The lowest BCUT2D eigenvalue weighted by molar-refractivity contribution is 0.208.